The molecule has 0 spiro atoms. The first-order valence-electron chi connectivity index (χ1n) is 4.66. The fraction of sp³-hybridized carbons (Fsp3) is 0.500. The summed E-state index contributed by atoms with van der Waals surface area (Å²) in [6, 6.07) is 6.13. The minimum atomic E-state index is -0.746. The Morgan fingerprint density at radius 3 is 2.93 bits per heavy atom. The van der Waals surface area contributed by atoms with Crippen molar-refractivity contribution >= 4 is 22.1 Å². The summed E-state index contributed by atoms with van der Waals surface area (Å²) in [4.78, 5) is 1.88. The second kappa shape index (κ2) is 6.01. The van der Waals surface area contributed by atoms with Crippen LogP contribution in [0.1, 0.15) is 22.7 Å². The molecule has 15 heavy (non-hydrogen) atoms. The summed E-state index contributed by atoms with van der Waals surface area (Å²) in [7, 11) is -0.746. The SMILES string of the molecule is CC(NCCS(C)=O)c1ccc(C#N)s1. The van der Waals surface area contributed by atoms with Gasteiger partial charge in [0.25, 0.3) is 0 Å². The molecule has 0 radical (unpaired) electrons. The second-order valence-electron chi connectivity index (χ2n) is 3.27. The Morgan fingerprint density at radius 1 is 1.67 bits per heavy atom. The van der Waals surface area contributed by atoms with Crippen molar-refractivity contribution in [2.24, 2.45) is 0 Å². The number of hydrogen-bond donors (Lipinski definition) is 1. The molecule has 1 heterocycles. The average Bonchev–Trinajstić information content (AvgIpc) is 2.65. The van der Waals surface area contributed by atoms with Crippen LogP contribution < -0.4 is 5.32 Å². The van der Waals surface area contributed by atoms with Gasteiger partial charge in [-0.15, -0.1) is 11.3 Å². The van der Waals surface area contributed by atoms with Crippen LogP contribution in [0.15, 0.2) is 12.1 Å². The van der Waals surface area contributed by atoms with Gasteiger partial charge in [-0.1, -0.05) is 0 Å². The molecule has 2 atom stereocenters. The molecule has 2 unspecified atom stereocenters. The Kier molecular flexibility index (Phi) is 4.95. The van der Waals surface area contributed by atoms with Crippen LogP contribution in [-0.2, 0) is 10.8 Å². The van der Waals surface area contributed by atoms with Gasteiger partial charge in [0.1, 0.15) is 10.9 Å². The van der Waals surface area contributed by atoms with E-state index in [0.717, 1.165) is 16.3 Å². The van der Waals surface area contributed by atoms with E-state index in [-0.39, 0.29) is 6.04 Å². The lowest BCUT2D eigenvalue weighted by atomic mass is 10.3. The molecule has 0 saturated heterocycles. The standard InChI is InChI=1S/C10H14N2OS2/c1-8(12-5-6-15(2)13)10-4-3-9(7-11)14-10/h3-4,8,12H,5-6H2,1-2H3. The predicted octanol–water partition coefficient (Wildman–Crippen LogP) is 1.65. The third kappa shape index (κ3) is 4.12. The molecule has 1 N–H and O–H groups in total. The first-order chi connectivity index (χ1) is 7.13. The Hall–Kier alpha value is -0.700. The zero-order chi connectivity index (χ0) is 11.3. The molecule has 1 aromatic rings. The van der Waals surface area contributed by atoms with E-state index in [9.17, 15) is 4.21 Å². The van der Waals surface area contributed by atoms with Gasteiger partial charge in [-0.3, -0.25) is 4.21 Å². The molecule has 0 aliphatic rings. The third-order valence-corrected chi connectivity index (χ3v) is 3.96. The number of hydrogen-bond acceptors (Lipinski definition) is 4. The number of thiophene rings is 1. The monoisotopic (exact) mass is 242 g/mol. The Bertz CT molecular complexity index is 381. The summed E-state index contributed by atoms with van der Waals surface area (Å²) >= 11 is 1.50. The summed E-state index contributed by atoms with van der Waals surface area (Å²) in [6.07, 6.45) is 1.70. The van der Waals surface area contributed by atoms with E-state index >= 15 is 0 Å². The molecular formula is C10H14N2OS2. The lowest BCUT2D eigenvalue weighted by Gasteiger charge is -2.10. The van der Waals surface area contributed by atoms with Crippen molar-refractivity contribution < 1.29 is 4.21 Å². The van der Waals surface area contributed by atoms with Crippen molar-refractivity contribution in [1.82, 2.24) is 5.32 Å². The van der Waals surface area contributed by atoms with E-state index in [1.165, 1.54) is 11.3 Å². The van der Waals surface area contributed by atoms with Crippen LogP contribution >= 0.6 is 11.3 Å². The maximum absolute atomic E-state index is 10.8. The topological polar surface area (TPSA) is 52.9 Å². The van der Waals surface area contributed by atoms with Crippen molar-refractivity contribution in [3.8, 4) is 6.07 Å². The van der Waals surface area contributed by atoms with Gasteiger partial charge in [0, 0.05) is 40.3 Å². The van der Waals surface area contributed by atoms with Gasteiger partial charge >= 0.3 is 0 Å². The van der Waals surface area contributed by atoms with Gasteiger partial charge in [-0.05, 0) is 19.1 Å². The van der Waals surface area contributed by atoms with Crippen LogP contribution in [0.3, 0.4) is 0 Å². The van der Waals surface area contributed by atoms with Gasteiger partial charge < -0.3 is 5.32 Å². The van der Waals surface area contributed by atoms with Gasteiger partial charge in [-0.2, -0.15) is 5.26 Å². The zero-order valence-electron chi connectivity index (χ0n) is 8.82. The summed E-state index contributed by atoms with van der Waals surface area (Å²) in [5.74, 6) is 0.667. The highest BCUT2D eigenvalue weighted by Gasteiger charge is 2.07. The van der Waals surface area contributed by atoms with Crippen molar-refractivity contribution in [2.75, 3.05) is 18.6 Å². The summed E-state index contributed by atoms with van der Waals surface area (Å²) in [6.45, 7) is 2.79. The molecule has 0 bridgehead atoms. The summed E-state index contributed by atoms with van der Waals surface area (Å²) < 4.78 is 10.8. The lowest BCUT2D eigenvalue weighted by Crippen LogP contribution is -2.22. The van der Waals surface area contributed by atoms with Crippen molar-refractivity contribution in [2.45, 2.75) is 13.0 Å². The molecule has 1 aromatic heterocycles. The number of nitrogens with one attached hydrogen (secondary N) is 1. The quantitative estimate of drug-likeness (QED) is 0.854. The molecule has 0 aliphatic carbocycles. The van der Waals surface area contributed by atoms with Crippen LogP contribution in [0, 0.1) is 11.3 Å². The molecule has 0 amide bonds. The van der Waals surface area contributed by atoms with Crippen LogP contribution in [0.5, 0.6) is 0 Å². The number of nitrogens with zero attached hydrogens (tertiary/aromatic N) is 1. The minimum Gasteiger partial charge on any atom is -0.309 e. The number of nitriles is 1. The van der Waals surface area contributed by atoms with Crippen molar-refractivity contribution in [3.05, 3.63) is 21.9 Å². The average molecular weight is 242 g/mol. The van der Waals surface area contributed by atoms with E-state index in [1.807, 2.05) is 19.1 Å². The largest absolute Gasteiger partial charge is 0.309 e. The van der Waals surface area contributed by atoms with E-state index in [4.69, 9.17) is 5.26 Å². The molecule has 1 rings (SSSR count). The molecule has 3 nitrogen and oxygen atoms in total. The zero-order valence-corrected chi connectivity index (χ0v) is 10.5. The van der Waals surface area contributed by atoms with Crippen molar-refractivity contribution in [1.29, 1.82) is 5.26 Å². The highest BCUT2D eigenvalue weighted by molar-refractivity contribution is 7.84. The predicted molar refractivity (Wildman–Crippen MR) is 64.4 cm³/mol. The van der Waals surface area contributed by atoms with Crippen LogP contribution in [0.25, 0.3) is 0 Å². The smallest absolute Gasteiger partial charge is 0.110 e. The molecule has 0 fully saturated rings. The Labute approximate surface area is 96.6 Å². The van der Waals surface area contributed by atoms with Crippen LogP contribution in [-0.4, -0.2) is 22.8 Å². The number of rotatable bonds is 5. The van der Waals surface area contributed by atoms with Gasteiger partial charge in [0.15, 0.2) is 0 Å². The molecule has 0 aliphatic heterocycles. The maximum Gasteiger partial charge on any atom is 0.110 e. The normalized spacial score (nSPS) is 14.5. The van der Waals surface area contributed by atoms with E-state index < -0.39 is 10.8 Å². The summed E-state index contributed by atoms with van der Waals surface area (Å²) in [5, 5.41) is 12.0. The van der Waals surface area contributed by atoms with Gasteiger partial charge in [-0.25, -0.2) is 0 Å². The fourth-order valence-electron chi connectivity index (χ4n) is 1.17. The molecule has 82 valence electrons. The van der Waals surface area contributed by atoms with E-state index in [2.05, 4.69) is 11.4 Å². The Balaban J connectivity index is 2.43. The molecule has 0 aromatic carbocycles. The minimum absolute atomic E-state index is 0.223. The molecular weight excluding hydrogens is 228 g/mol. The molecule has 5 heteroatoms. The van der Waals surface area contributed by atoms with E-state index in [0.29, 0.717) is 5.75 Å². The second-order valence-corrected chi connectivity index (χ2v) is 5.94. The van der Waals surface area contributed by atoms with Gasteiger partial charge in [0.05, 0.1) is 0 Å². The van der Waals surface area contributed by atoms with Crippen molar-refractivity contribution in [3.63, 3.8) is 0 Å². The van der Waals surface area contributed by atoms with Crippen LogP contribution in [0.4, 0.5) is 0 Å². The Morgan fingerprint density at radius 2 is 2.40 bits per heavy atom. The first-order valence-corrected chi connectivity index (χ1v) is 7.21. The van der Waals surface area contributed by atoms with Gasteiger partial charge in [0.2, 0.25) is 0 Å². The summed E-state index contributed by atoms with van der Waals surface area (Å²) in [5.41, 5.74) is 0. The fourth-order valence-corrected chi connectivity index (χ4v) is 2.40. The van der Waals surface area contributed by atoms with Crippen LogP contribution in [0.2, 0.25) is 0 Å². The lowest BCUT2D eigenvalue weighted by molar-refractivity contribution is 0.605. The third-order valence-electron chi connectivity index (χ3n) is 2.00. The molecule has 0 saturated carbocycles. The van der Waals surface area contributed by atoms with E-state index in [1.54, 1.807) is 6.26 Å². The maximum atomic E-state index is 10.8. The highest BCUT2D eigenvalue weighted by Crippen LogP contribution is 2.22. The highest BCUT2D eigenvalue weighted by atomic mass is 32.2. The first kappa shape index (κ1) is 12.4.